The molecular weight excluding hydrogens is 408 g/mol. The molecule has 0 amide bonds. The lowest BCUT2D eigenvalue weighted by Crippen LogP contribution is -2.00. The third-order valence-corrected chi connectivity index (χ3v) is 5.35. The predicted octanol–water partition coefficient (Wildman–Crippen LogP) is 7.26. The number of carbonyl (C=O) groups is 1. The number of carbonyl (C=O) groups excluding carboxylic acids is 1. The average Bonchev–Trinajstić information content (AvgIpc) is 2.77. The molecule has 31 heavy (non-hydrogen) atoms. The first-order valence-electron chi connectivity index (χ1n) is 10.3. The highest BCUT2D eigenvalue weighted by atomic mass is 35.5. The second kappa shape index (κ2) is 10.3. The molecule has 3 aromatic rings. The number of benzene rings is 3. The number of rotatable bonds is 8. The SMILES string of the molecule is COc1ccc(/C=C/C(=O)c2ccc(C(C)C)cc2)cc1COc1ccc(Cl)cc1C. The zero-order valence-corrected chi connectivity index (χ0v) is 19.1. The summed E-state index contributed by atoms with van der Waals surface area (Å²) in [5, 5.41) is 0.679. The molecule has 3 rings (SSSR count). The van der Waals surface area contributed by atoms with E-state index in [4.69, 9.17) is 21.1 Å². The van der Waals surface area contributed by atoms with Crippen LogP contribution in [0.2, 0.25) is 5.02 Å². The van der Waals surface area contributed by atoms with Crippen molar-refractivity contribution < 1.29 is 14.3 Å². The normalized spacial score (nSPS) is 11.2. The molecule has 0 saturated heterocycles. The molecule has 4 heteroatoms. The number of methoxy groups -OCH3 is 1. The van der Waals surface area contributed by atoms with E-state index in [-0.39, 0.29) is 5.78 Å². The zero-order valence-electron chi connectivity index (χ0n) is 18.3. The molecule has 3 aromatic carbocycles. The van der Waals surface area contributed by atoms with Gasteiger partial charge in [0.1, 0.15) is 18.1 Å². The second-order valence-electron chi connectivity index (χ2n) is 7.74. The fourth-order valence-corrected chi connectivity index (χ4v) is 3.47. The van der Waals surface area contributed by atoms with E-state index in [0.29, 0.717) is 23.1 Å². The van der Waals surface area contributed by atoms with Gasteiger partial charge in [0.2, 0.25) is 0 Å². The fraction of sp³-hybridized carbons (Fsp3) is 0.222. The van der Waals surface area contributed by atoms with Gasteiger partial charge in [-0.1, -0.05) is 61.9 Å². The number of hydrogen-bond acceptors (Lipinski definition) is 3. The Kier molecular flexibility index (Phi) is 7.54. The number of halogens is 1. The van der Waals surface area contributed by atoms with Crippen molar-refractivity contribution in [2.75, 3.05) is 7.11 Å². The molecule has 0 fully saturated rings. The van der Waals surface area contributed by atoms with Gasteiger partial charge in [-0.2, -0.15) is 0 Å². The fourth-order valence-electron chi connectivity index (χ4n) is 3.25. The summed E-state index contributed by atoms with van der Waals surface area (Å²) in [6, 6.07) is 19.1. The molecule has 160 valence electrons. The molecule has 0 aromatic heterocycles. The van der Waals surface area contributed by atoms with Gasteiger partial charge in [0.05, 0.1) is 7.11 Å². The Bertz CT molecular complexity index is 1080. The molecule has 0 radical (unpaired) electrons. The van der Waals surface area contributed by atoms with Crippen LogP contribution >= 0.6 is 11.6 Å². The molecule has 0 bridgehead atoms. The second-order valence-corrected chi connectivity index (χ2v) is 8.18. The van der Waals surface area contributed by atoms with Gasteiger partial charge in [-0.3, -0.25) is 4.79 Å². The summed E-state index contributed by atoms with van der Waals surface area (Å²) in [5.41, 5.74) is 4.66. The van der Waals surface area contributed by atoms with E-state index in [2.05, 4.69) is 13.8 Å². The van der Waals surface area contributed by atoms with Crippen molar-refractivity contribution in [1.29, 1.82) is 0 Å². The molecule has 0 atom stereocenters. The van der Waals surface area contributed by atoms with Gasteiger partial charge in [-0.05, 0) is 65.9 Å². The first-order valence-corrected chi connectivity index (χ1v) is 10.6. The maximum absolute atomic E-state index is 12.5. The largest absolute Gasteiger partial charge is 0.496 e. The monoisotopic (exact) mass is 434 g/mol. The quantitative estimate of drug-likeness (QED) is 0.276. The summed E-state index contributed by atoms with van der Waals surface area (Å²) in [5.74, 6) is 1.92. The van der Waals surface area contributed by atoms with Gasteiger partial charge >= 0.3 is 0 Å². The number of allylic oxidation sites excluding steroid dienone is 1. The standard InChI is InChI=1S/C27H27ClO3/c1-18(2)21-7-9-22(10-8-21)25(29)12-5-20-6-13-27(30-4)23(16-20)17-31-26-14-11-24(28)15-19(26)3/h5-16,18H,17H2,1-4H3/b12-5+. The summed E-state index contributed by atoms with van der Waals surface area (Å²) >= 11 is 6.02. The minimum atomic E-state index is -0.0271. The Morgan fingerprint density at radius 2 is 1.71 bits per heavy atom. The van der Waals surface area contributed by atoms with Crippen LogP contribution in [0.1, 0.15) is 52.4 Å². The van der Waals surface area contributed by atoms with Crippen LogP contribution in [0.25, 0.3) is 6.08 Å². The van der Waals surface area contributed by atoms with Crippen LogP contribution in [0.4, 0.5) is 0 Å². The summed E-state index contributed by atoms with van der Waals surface area (Å²) in [6.45, 7) is 6.57. The van der Waals surface area contributed by atoms with E-state index in [1.165, 1.54) is 5.56 Å². The van der Waals surface area contributed by atoms with E-state index in [1.807, 2.05) is 67.6 Å². The predicted molar refractivity (Wildman–Crippen MR) is 127 cm³/mol. The smallest absolute Gasteiger partial charge is 0.185 e. The molecule has 0 aliphatic carbocycles. The topological polar surface area (TPSA) is 35.5 Å². The Labute approximate surface area is 189 Å². The summed E-state index contributed by atoms with van der Waals surface area (Å²) in [6.07, 6.45) is 3.41. The van der Waals surface area contributed by atoms with Crippen LogP contribution in [0.5, 0.6) is 11.5 Å². The maximum Gasteiger partial charge on any atom is 0.185 e. The molecule has 0 heterocycles. The first kappa shape index (κ1) is 22.6. The number of aryl methyl sites for hydroxylation is 1. The van der Waals surface area contributed by atoms with Crippen molar-refractivity contribution in [2.24, 2.45) is 0 Å². The lowest BCUT2D eigenvalue weighted by molar-refractivity contribution is 0.104. The van der Waals surface area contributed by atoms with Crippen molar-refractivity contribution in [2.45, 2.75) is 33.3 Å². The molecule has 0 N–H and O–H groups in total. The van der Waals surface area contributed by atoms with E-state index in [1.54, 1.807) is 19.3 Å². The van der Waals surface area contributed by atoms with Crippen LogP contribution in [0, 0.1) is 6.92 Å². The Morgan fingerprint density at radius 1 is 1.00 bits per heavy atom. The Balaban J connectivity index is 1.73. The molecule has 0 saturated carbocycles. The van der Waals surface area contributed by atoms with Crippen LogP contribution < -0.4 is 9.47 Å². The van der Waals surface area contributed by atoms with Crippen molar-refractivity contribution >= 4 is 23.5 Å². The minimum Gasteiger partial charge on any atom is -0.496 e. The summed E-state index contributed by atoms with van der Waals surface area (Å²) < 4.78 is 11.4. The zero-order chi connectivity index (χ0) is 22.4. The summed E-state index contributed by atoms with van der Waals surface area (Å²) in [4.78, 5) is 12.5. The maximum atomic E-state index is 12.5. The van der Waals surface area contributed by atoms with Crippen molar-refractivity contribution in [3.05, 3.63) is 99.6 Å². The highest BCUT2D eigenvalue weighted by molar-refractivity contribution is 6.30. The van der Waals surface area contributed by atoms with Crippen molar-refractivity contribution in [3.8, 4) is 11.5 Å². The van der Waals surface area contributed by atoms with E-state index < -0.39 is 0 Å². The van der Waals surface area contributed by atoms with Gasteiger partial charge in [0.25, 0.3) is 0 Å². The highest BCUT2D eigenvalue weighted by Crippen LogP contribution is 2.26. The molecule has 0 aliphatic heterocycles. The van der Waals surface area contributed by atoms with Gasteiger partial charge in [0, 0.05) is 16.1 Å². The molecular formula is C27H27ClO3. The molecule has 3 nitrogen and oxygen atoms in total. The third kappa shape index (κ3) is 5.99. The molecule has 0 spiro atoms. The van der Waals surface area contributed by atoms with Crippen molar-refractivity contribution in [3.63, 3.8) is 0 Å². The molecule has 0 aliphatic rings. The minimum absolute atomic E-state index is 0.0271. The Morgan fingerprint density at radius 3 is 2.35 bits per heavy atom. The van der Waals surface area contributed by atoms with E-state index >= 15 is 0 Å². The highest BCUT2D eigenvalue weighted by Gasteiger charge is 2.08. The third-order valence-electron chi connectivity index (χ3n) is 5.11. The van der Waals surface area contributed by atoms with Gasteiger partial charge < -0.3 is 9.47 Å². The van der Waals surface area contributed by atoms with Crippen LogP contribution in [0.15, 0.2) is 66.7 Å². The van der Waals surface area contributed by atoms with Gasteiger partial charge in [-0.25, -0.2) is 0 Å². The van der Waals surface area contributed by atoms with E-state index in [0.717, 1.165) is 28.2 Å². The van der Waals surface area contributed by atoms with Crippen LogP contribution in [-0.4, -0.2) is 12.9 Å². The number of ketones is 1. The van der Waals surface area contributed by atoms with Crippen molar-refractivity contribution in [1.82, 2.24) is 0 Å². The lowest BCUT2D eigenvalue weighted by Gasteiger charge is -2.13. The van der Waals surface area contributed by atoms with Gasteiger partial charge in [-0.15, -0.1) is 0 Å². The van der Waals surface area contributed by atoms with Crippen LogP contribution in [-0.2, 0) is 6.61 Å². The number of hydrogen-bond donors (Lipinski definition) is 0. The van der Waals surface area contributed by atoms with Crippen LogP contribution in [0.3, 0.4) is 0 Å². The lowest BCUT2D eigenvalue weighted by atomic mass is 10.00. The summed E-state index contributed by atoms with van der Waals surface area (Å²) in [7, 11) is 1.63. The number of ether oxygens (including phenoxy) is 2. The van der Waals surface area contributed by atoms with E-state index in [9.17, 15) is 4.79 Å². The first-order chi connectivity index (χ1) is 14.9. The Hall–Kier alpha value is -3.04. The molecule has 0 unspecified atom stereocenters. The average molecular weight is 435 g/mol. The van der Waals surface area contributed by atoms with Gasteiger partial charge in [0.15, 0.2) is 5.78 Å².